The molecule has 0 saturated carbocycles. The van der Waals surface area contributed by atoms with Crippen molar-refractivity contribution in [3.8, 4) is 11.3 Å². The van der Waals surface area contributed by atoms with Crippen LogP contribution in [0.15, 0.2) is 40.8 Å². The SMILES string of the molecule is Cl.O=C(c1ccc(-c2ccc(Cl)cc2)o1)N1CCN2CCC1CC2. The quantitative estimate of drug-likeness (QED) is 0.807. The molecule has 3 saturated heterocycles. The average molecular weight is 367 g/mol. The second-order valence-corrected chi connectivity index (χ2v) is 6.68. The van der Waals surface area contributed by atoms with Crippen LogP contribution in [0.3, 0.4) is 0 Å². The van der Waals surface area contributed by atoms with Crippen LogP contribution in [-0.2, 0) is 0 Å². The summed E-state index contributed by atoms with van der Waals surface area (Å²) in [5, 5.41) is 0.687. The van der Waals surface area contributed by atoms with E-state index in [4.69, 9.17) is 16.0 Å². The van der Waals surface area contributed by atoms with Crippen molar-refractivity contribution in [2.75, 3.05) is 26.2 Å². The van der Waals surface area contributed by atoms with Gasteiger partial charge in [-0.2, -0.15) is 0 Å². The summed E-state index contributed by atoms with van der Waals surface area (Å²) in [4.78, 5) is 17.3. The molecule has 0 unspecified atom stereocenters. The molecule has 1 aromatic heterocycles. The fourth-order valence-electron chi connectivity index (χ4n) is 3.52. The van der Waals surface area contributed by atoms with Gasteiger partial charge in [-0.25, -0.2) is 0 Å². The van der Waals surface area contributed by atoms with Crippen molar-refractivity contribution < 1.29 is 9.21 Å². The molecule has 3 aliphatic heterocycles. The summed E-state index contributed by atoms with van der Waals surface area (Å²) in [6.07, 6.45) is 2.13. The lowest BCUT2D eigenvalue weighted by molar-refractivity contribution is 0.0653. The van der Waals surface area contributed by atoms with E-state index >= 15 is 0 Å². The number of piperidine rings is 1. The van der Waals surface area contributed by atoms with Gasteiger partial charge in [-0.3, -0.25) is 4.79 Å². The van der Waals surface area contributed by atoms with Crippen LogP contribution in [0.25, 0.3) is 11.3 Å². The highest BCUT2D eigenvalue weighted by Gasteiger charge is 2.33. The maximum atomic E-state index is 12.8. The fourth-order valence-corrected chi connectivity index (χ4v) is 3.64. The van der Waals surface area contributed by atoms with Crippen molar-refractivity contribution in [1.82, 2.24) is 9.80 Å². The Balaban J connectivity index is 0.00000169. The summed E-state index contributed by atoms with van der Waals surface area (Å²) in [5.74, 6) is 1.14. The lowest BCUT2D eigenvalue weighted by Gasteiger charge is -2.30. The van der Waals surface area contributed by atoms with Crippen LogP contribution in [0, 0.1) is 0 Å². The first-order valence-electron chi connectivity index (χ1n) is 8.10. The molecule has 6 heteroatoms. The van der Waals surface area contributed by atoms with Gasteiger partial charge in [-0.1, -0.05) is 11.6 Å². The van der Waals surface area contributed by atoms with E-state index in [9.17, 15) is 4.79 Å². The highest BCUT2D eigenvalue weighted by molar-refractivity contribution is 6.30. The van der Waals surface area contributed by atoms with Crippen LogP contribution < -0.4 is 0 Å². The van der Waals surface area contributed by atoms with Crippen LogP contribution in [-0.4, -0.2) is 47.9 Å². The Labute approximate surface area is 152 Å². The predicted molar refractivity (Wildman–Crippen MR) is 96.9 cm³/mol. The number of amides is 1. The Morgan fingerprint density at radius 2 is 1.71 bits per heavy atom. The van der Waals surface area contributed by atoms with E-state index in [2.05, 4.69) is 4.90 Å². The van der Waals surface area contributed by atoms with Gasteiger partial charge in [0.05, 0.1) is 0 Å². The number of benzene rings is 1. The van der Waals surface area contributed by atoms with Crippen LogP contribution in [0.2, 0.25) is 5.02 Å². The van der Waals surface area contributed by atoms with Gasteiger partial charge < -0.3 is 14.2 Å². The van der Waals surface area contributed by atoms with E-state index in [0.29, 0.717) is 22.6 Å². The monoisotopic (exact) mass is 366 g/mol. The summed E-state index contributed by atoms with van der Waals surface area (Å²) in [6, 6.07) is 11.4. The summed E-state index contributed by atoms with van der Waals surface area (Å²) in [6.45, 7) is 3.96. The number of fused-ring (bicyclic) bond motifs is 4. The molecule has 5 rings (SSSR count). The van der Waals surface area contributed by atoms with Gasteiger partial charge in [0.15, 0.2) is 5.76 Å². The highest BCUT2D eigenvalue weighted by Crippen LogP contribution is 2.27. The molecule has 3 fully saturated rings. The molecular formula is C18H20Cl2N2O2. The zero-order chi connectivity index (χ0) is 15.8. The molecule has 0 spiro atoms. The first-order chi connectivity index (χ1) is 11.2. The molecule has 3 aliphatic rings. The summed E-state index contributed by atoms with van der Waals surface area (Å²) >= 11 is 5.91. The molecule has 0 N–H and O–H groups in total. The number of nitrogens with zero attached hydrogens (tertiary/aromatic N) is 2. The van der Waals surface area contributed by atoms with Gasteiger partial charge >= 0.3 is 0 Å². The summed E-state index contributed by atoms with van der Waals surface area (Å²) in [5.41, 5.74) is 0.927. The first-order valence-corrected chi connectivity index (χ1v) is 8.47. The van der Waals surface area contributed by atoms with Gasteiger partial charge in [0, 0.05) is 42.8 Å². The van der Waals surface area contributed by atoms with Crippen LogP contribution >= 0.6 is 24.0 Å². The van der Waals surface area contributed by atoms with E-state index in [1.807, 2.05) is 35.2 Å². The standard InChI is InChI=1S/C18H19ClN2O2.ClH/c19-14-3-1-13(2-4-14)16-5-6-17(23-16)18(22)21-12-11-20-9-7-15(21)8-10-20;/h1-6,15H,7-12H2;1H. The number of carbonyl (C=O) groups excluding carboxylic acids is 1. The zero-order valence-corrected chi connectivity index (χ0v) is 14.9. The average Bonchev–Trinajstić information content (AvgIpc) is 2.88. The maximum Gasteiger partial charge on any atom is 0.289 e. The van der Waals surface area contributed by atoms with E-state index in [1.54, 1.807) is 6.07 Å². The number of halogens is 2. The highest BCUT2D eigenvalue weighted by atomic mass is 35.5. The topological polar surface area (TPSA) is 36.7 Å². The minimum absolute atomic E-state index is 0. The van der Waals surface area contributed by atoms with E-state index in [-0.39, 0.29) is 18.3 Å². The molecule has 0 radical (unpaired) electrons. The second-order valence-electron chi connectivity index (χ2n) is 6.24. The van der Waals surface area contributed by atoms with Gasteiger partial charge in [-0.05, 0) is 49.2 Å². The van der Waals surface area contributed by atoms with Crippen molar-refractivity contribution >= 4 is 29.9 Å². The smallest absolute Gasteiger partial charge is 0.289 e. The van der Waals surface area contributed by atoms with Crippen LogP contribution in [0.1, 0.15) is 23.4 Å². The Bertz CT molecular complexity index is 706. The molecule has 24 heavy (non-hydrogen) atoms. The van der Waals surface area contributed by atoms with Crippen molar-refractivity contribution in [1.29, 1.82) is 0 Å². The summed E-state index contributed by atoms with van der Waals surface area (Å²) < 4.78 is 5.82. The largest absolute Gasteiger partial charge is 0.451 e. The normalized spacial score (nSPS) is 22.8. The van der Waals surface area contributed by atoms with Gasteiger partial charge in [-0.15, -0.1) is 12.4 Å². The van der Waals surface area contributed by atoms with Crippen molar-refractivity contribution in [3.05, 3.63) is 47.2 Å². The third-order valence-electron chi connectivity index (χ3n) is 4.86. The molecule has 0 aliphatic carbocycles. The number of rotatable bonds is 2. The minimum atomic E-state index is 0. The van der Waals surface area contributed by atoms with Crippen molar-refractivity contribution in [3.63, 3.8) is 0 Å². The lowest BCUT2D eigenvalue weighted by Crippen LogP contribution is -2.41. The third-order valence-corrected chi connectivity index (χ3v) is 5.11. The number of furan rings is 1. The van der Waals surface area contributed by atoms with Gasteiger partial charge in [0.2, 0.25) is 0 Å². The Morgan fingerprint density at radius 3 is 2.42 bits per heavy atom. The van der Waals surface area contributed by atoms with Crippen molar-refractivity contribution in [2.24, 2.45) is 0 Å². The van der Waals surface area contributed by atoms with E-state index in [0.717, 1.165) is 44.6 Å². The molecular weight excluding hydrogens is 347 g/mol. The number of carbonyl (C=O) groups is 1. The van der Waals surface area contributed by atoms with Crippen LogP contribution in [0.5, 0.6) is 0 Å². The molecule has 4 nitrogen and oxygen atoms in total. The Kier molecular flexibility index (Phi) is 5.18. The fraction of sp³-hybridized carbons (Fsp3) is 0.389. The molecule has 2 aromatic rings. The first kappa shape index (κ1) is 17.3. The molecule has 4 heterocycles. The van der Waals surface area contributed by atoms with Gasteiger partial charge in [0.25, 0.3) is 5.91 Å². The predicted octanol–water partition coefficient (Wildman–Crippen LogP) is 3.94. The number of hydrogen-bond acceptors (Lipinski definition) is 3. The van der Waals surface area contributed by atoms with Gasteiger partial charge in [0.1, 0.15) is 5.76 Å². The molecule has 2 bridgehead atoms. The summed E-state index contributed by atoms with van der Waals surface area (Å²) in [7, 11) is 0. The lowest BCUT2D eigenvalue weighted by atomic mass is 10.1. The third kappa shape index (κ3) is 3.32. The minimum Gasteiger partial charge on any atom is -0.451 e. The second kappa shape index (κ2) is 7.18. The maximum absolute atomic E-state index is 12.8. The van der Waals surface area contributed by atoms with Crippen LogP contribution in [0.4, 0.5) is 0 Å². The Morgan fingerprint density at radius 1 is 1.00 bits per heavy atom. The Hall–Kier alpha value is -1.49. The number of hydrogen-bond donors (Lipinski definition) is 0. The van der Waals surface area contributed by atoms with E-state index < -0.39 is 0 Å². The molecule has 128 valence electrons. The zero-order valence-electron chi connectivity index (χ0n) is 13.3. The van der Waals surface area contributed by atoms with Crippen molar-refractivity contribution in [2.45, 2.75) is 18.9 Å². The molecule has 1 amide bonds. The van der Waals surface area contributed by atoms with E-state index in [1.165, 1.54) is 0 Å². The molecule has 1 aromatic carbocycles. The molecule has 0 atom stereocenters.